The highest BCUT2D eigenvalue weighted by atomic mass is 32.2. The number of carbonyl (C=O) groups excluding carboxylic acids is 1. The fourth-order valence-corrected chi connectivity index (χ4v) is 5.64. The van der Waals surface area contributed by atoms with Crippen LogP contribution in [0.4, 0.5) is 0 Å². The Morgan fingerprint density at radius 1 is 0.914 bits per heavy atom. The first-order valence-electron chi connectivity index (χ1n) is 12.0. The summed E-state index contributed by atoms with van der Waals surface area (Å²) in [5.74, 6) is 0.737. The molecule has 1 aliphatic heterocycles. The maximum Gasteiger partial charge on any atom is 0.243 e. The molecule has 186 valence electrons. The van der Waals surface area contributed by atoms with Crippen LogP contribution in [0.1, 0.15) is 48.1 Å². The monoisotopic (exact) mass is 496 g/mol. The number of aryl methyl sites for hydroxylation is 1. The molecule has 35 heavy (non-hydrogen) atoms. The number of benzene rings is 2. The van der Waals surface area contributed by atoms with E-state index in [9.17, 15) is 13.2 Å². The summed E-state index contributed by atoms with van der Waals surface area (Å²) < 4.78 is 38.0. The molecule has 0 unspecified atom stereocenters. The Bertz CT molecular complexity index is 1180. The van der Waals surface area contributed by atoms with Crippen molar-refractivity contribution in [1.29, 1.82) is 0 Å². The van der Waals surface area contributed by atoms with Gasteiger partial charge >= 0.3 is 0 Å². The number of rotatable bonds is 11. The van der Waals surface area contributed by atoms with Crippen LogP contribution in [0.3, 0.4) is 0 Å². The molecule has 4 rings (SSSR count). The van der Waals surface area contributed by atoms with Crippen molar-refractivity contribution in [3.05, 3.63) is 89.4 Å². The second kappa shape index (κ2) is 12.2. The molecule has 0 radical (unpaired) electrons. The van der Waals surface area contributed by atoms with E-state index >= 15 is 0 Å². The first-order valence-corrected chi connectivity index (χ1v) is 13.5. The smallest absolute Gasteiger partial charge is 0.243 e. The van der Waals surface area contributed by atoms with Crippen LogP contribution in [0, 0.1) is 0 Å². The quantitative estimate of drug-likeness (QED) is 0.425. The molecule has 0 aliphatic carbocycles. The van der Waals surface area contributed by atoms with E-state index in [0.717, 1.165) is 41.7 Å². The minimum atomic E-state index is -3.43. The zero-order valence-corrected chi connectivity index (χ0v) is 20.6. The van der Waals surface area contributed by atoms with Gasteiger partial charge in [-0.15, -0.1) is 0 Å². The van der Waals surface area contributed by atoms with Crippen molar-refractivity contribution in [3.63, 3.8) is 0 Å². The second-order valence-corrected chi connectivity index (χ2v) is 10.7. The predicted octanol–water partition coefficient (Wildman–Crippen LogP) is 4.42. The van der Waals surface area contributed by atoms with Gasteiger partial charge < -0.3 is 14.5 Å². The number of hydrogen-bond donors (Lipinski definition) is 1. The maximum absolute atomic E-state index is 12.8. The van der Waals surface area contributed by atoms with E-state index in [-0.39, 0.29) is 5.91 Å². The summed E-state index contributed by atoms with van der Waals surface area (Å²) in [5.41, 5.74) is 2.97. The Labute approximate surface area is 207 Å². The molecule has 0 spiro atoms. The van der Waals surface area contributed by atoms with E-state index in [4.69, 9.17) is 9.15 Å². The fourth-order valence-electron chi connectivity index (χ4n) is 4.12. The zero-order valence-electron chi connectivity index (χ0n) is 19.8. The number of sulfonamides is 1. The Morgan fingerprint density at radius 3 is 2.43 bits per heavy atom. The molecule has 1 amide bonds. The molecule has 7 nitrogen and oxygen atoms in total. The largest absolute Gasteiger partial charge is 0.467 e. The summed E-state index contributed by atoms with van der Waals surface area (Å²) in [6.07, 6.45) is 5.42. The number of amides is 1. The second-order valence-electron chi connectivity index (χ2n) is 8.78. The number of furan rings is 1. The van der Waals surface area contributed by atoms with Gasteiger partial charge in [0, 0.05) is 26.1 Å². The van der Waals surface area contributed by atoms with Gasteiger partial charge in [-0.2, -0.15) is 4.31 Å². The van der Waals surface area contributed by atoms with E-state index in [0.29, 0.717) is 50.6 Å². The standard InChI is InChI=1S/C27H32N2O5S/c30-27(28-19-23-6-4-7-24(18-23)20-33-21-25-8-5-17-34-25)14-11-22-9-12-26(13-10-22)35(31,32)29-15-2-1-3-16-29/h4-10,12-13,17-18H,1-3,11,14-16,19-21H2,(H,28,30). The average Bonchev–Trinajstić information content (AvgIpc) is 3.41. The van der Waals surface area contributed by atoms with Crippen LogP contribution in [0.2, 0.25) is 0 Å². The van der Waals surface area contributed by atoms with Crippen molar-refractivity contribution in [2.75, 3.05) is 13.1 Å². The first kappa shape index (κ1) is 25.2. The van der Waals surface area contributed by atoms with Gasteiger partial charge in [0.05, 0.1) is 17.8 Å². The Morgan fingerprint density at radius 2 is 1.69 bits per heavy atom. The third-order valence-electron chi connectivity index (χ3n) is 6.09. The van der Waals surface area contributed by atoms with Gasteiger partial charge in [-0.25, -0.2) is 8.42 Å². The Hall–Kier alpha value is -2.94. The summed E-state index contributed by atoms with van der Waals surface area (Å²) in [6.45, 7) is 2.50. The van der Waals surface area contributed by atoms with Crippen molar-refractivity contribution < 1.29 is 22.4 Å². The lowest BCUT2D eigenvalue weighted by Crippen LogP contribution is -2.35. The van der Waals surface area contributed by atoms with Gasteiger partial charge in [-0.05, 0) is 60.2 Å². The fraction of sp³-hybridized carbons (Fsp3) is 0.370. The molecule has 1 fully saturated rings. The van der Waals surface area contributed by atoms with Crippen molar-refractivity contribution in [3.8, 4) is 0 Å². The van der Waals surface area contributed by atoms with E-state index in [2.05, 4.69) is 5.32 Å². The van der Waals surface area contributed by atoms with E-state index < -0.39 is 10.0 Å². The lowest BCUT2D eigenvalue weighted by Gasteiger charge is -2.25. The number of carbonyl (C=O) groups is 1. The molecule has 1 aliphatic rings. The van der Waals surface area contributed by atoms with E-state index in [1.165, 1.54) is 0 Å². The number of piperidine rings is 1. The highest BCUT2D eigenvalue weighted by Gasteiger charge is 2.25. The highest BCUT2D eigenvalue weighted by Crippen LogP contribution is 2.21. The zero-order chi connectivity index (χ0) is 24.5. The highest BCUT2D eigenvalue weighted by molar-refractivity contribution is 7.89. The van der Waals surface area contributed by atoms with Crippen LogP contribution in [-0.4, -0.2) is 31.7 Å². The van der Waals surface area contributed by atoms with Crippen molar-refractivity contribution in [2.45, 2.75) is 56.8 Å². The van der Waals surface area contributed by atoms with Crippen LogP contribution >= 0.6 is 0 Å². The van der Waals surface area contributed by atoms with Crippen LogP contribution in [0.25, 0.3) is 0 Å². The van der Waals surface area contributed by atoms with Crippen LogP contribution in [-0.2, 0) is 45.7 Å². The normalized spacial score (nSPS) is 14.6. The number of nitrogens with one attached hydrogen (secondary N) is 1. The molecule has 2 heterocycles. The molecule has 0 atom stereocenters. The number of ether oxygens (including phenoxy) is 1. The minimum absolute atomic E-state index is 0.0468. The van der Waals surface area contributed by atoms with Gasteiger partial charge in [0.1, 0.15) is 12.4 Å². The van der Waals surface area contributed by atoms with Gasteiger partial charge in [-0.3, -0.25) is 4.79 Å². The summed E-state index contributed by atoms with van der Waals surface area (Å²) >= 11 is 0. The molecule has 2 aromatic carbocycles. The molecular weight excluding hydrogens is 464 g/mol. The lowest BCUT2D eigenvalue weighted by molar-refractivity contribution is -0.121. The molecule has 1 aromatic heterocycles. The van der Waals surface area contributed by atoms with Gasteiger partial charge in [-0.1, -0.05) is 42.8 Å². The van der Waals surface area contributed by atoms with Crippen molar-refractivity contribution >= 4 is 15.9 Å². The first-order chi connectivity index (χ1) is 17.0. The van der Waals surface area contributed by atoms with Gasteiger partial charge in [0.2, 0.25) is 15.9 Å². The number of hydrogen-bond acceptors (Lipinski definition) is 5. The SMILES string of the molecule is O=C(CCc1ccc(S(=O)(=O)N2CCCCC2)cc1)NCc1cccc(COCc2ccco2)c1. The van der Waals surface area contributed by atoms with Crippen LogP contribution < -0.4 is 5.32 Å². The summed E-state index contributed by atoms with van der Waals surface area (Å²) in [4.78, 5) is 12.7. The van der Waals surface area contributed by atoms with Gasteiger partial charge in [0.15, 0.2) is 0 Å². The third kappa shape index (κ3) is 7.27. The molecule has 0 bridgehead atoms. The van der Waals surface area contributed by atoms with E-state index in [1.807, 2.05) is 36.4 Å². The lowest BCUT2D eigenvalue weighted by atomic mass is 10.1. The average molecular weight is 497 g/mol. The number of nitrogens with zero attached hydrogens (tertiary/aromatic N) is 1. The summed E-state index contributed by atoms with van der Waals surface area (Å²) in [5, 5.41) is 2.96. The van der Waals surface area contributed by atoms with E-state index in [1.54, 1.807) is 34.8 Å². The Kier molecular flexibility index (Phi) is 8.74. The van der Waals surface area contributed by atoms with Crippen molar-refractivity contribution in [2.24, 2.45) is 0 Å². The summed E-state index contributed by atoms with van der Waals surface area (Å²) in [7, 11) is -3.43. The molecule has 8 heteroatoms. The molecule has 3 aromatic rings. The molecule has 0 saturated carbocycles. The molecular formula is C27H32N2O5S. The molecule has 1 saturated heterocycles. The predicted molar refractivity (Wildman–Crippen MR) is 133 cm³/mol. The third-order valence-corrected chi connectivity index (χ3v) is 8.00. The van der Waals surface area contributed by atoms with Crippen LogP contribution in [0.5, 0.6) is 0 Å². The summed E-state index contributed by atoms with van der Waals surface area (Å²) in [6, 6.07) is 18.5. The minimum Gasteiger partial charge on any atom is -0.467 e. The maximum atomic E-state index is 12.8. The topological polar surface area (TPSA) is 88.9 Å². The van der Waals surface area contributed by atoms with Crippen molar-refractivity contribution in [1.82, 2.24) is 9.62 Å². The van der Waals surface area contributed by atoms with Gasteiger partial charge in [0.25, 0.3) is 0 Å². The van der Waals surface area contributed by atoms with Crippen LogP contribution in [0.15, 0.2) is 76.2 Å². The molecule has 1 N–H and O–H groups in total. The Balaban J connectivity index is 1.21.